The highest BCUT2D eigenvalue weighted by Gasteiger charge is 2.28. The van der Waals surface area contributed by atoms with E-state index in [1.54, 1.807) is 6.07 Å². The van der Waals surface area contributed by atoms with E-state index >= 15 is 0 Å². The largest absolute Gasteiger partial charge is 0.423 e. The Morgan fingerprint density at radius 2 is 1.51 bits per heavy atom. The van der Waals surface area contributed by atoms with Crippen molar-refractivity contribution in [2.45, 2.75) is 25.3 Å². The second kappa shape index (κ2) is 8.33. The molecule has 0 radical (unpaired) electrons. The predicted octanol–water partition coefficient (Wildman–Crippen LogP) is 7.89. The van der Waals surface area contributed by atoms with Crippen LogP contribution >= 0.6 is 11.3 Å². The fraction of sp³-hybridized carbons (Fsp3) is 0.194. The van der Waals surface area contributed by atoms with Crippen molar-refractivity contribution in [1.29, 1.82) is 0 Å². The zero-order valence-corrected chi connectivity index (χ0v) is 20.2. The van der Waals surface area contributed by atoms with Gasteiger partial charge in [0.2, 0.25) is 0 Å². The number of hydrogen-bond donors (Lipinski definition) is 0. The molecular weight excluding hydrogens is 450 g/mol. The number of likely N-dealkylation sites (tertiary alicyclic amines) is 1. The first-order valence-corrected chi connectivity index (χ1v) is 13.2. The maximum Gasteiger partial charge on any atom is 0.336 e. The van der Waals surface area contributed by atoms with E-state index in [-0.39, 0.29) is 11.7 Å². The zero-order valence-electron chi connectivity index (χ0n) is 19.4. The Morgan fingerprint density at radius 3 is 2.40 bits per heavy atom. The topological polar surface area (TPSA) is 33.5 Å². The van der Waals surface area contributed by atoms with Gasteiger partial charge in [-0.05, 0) is 66.0 Å². The van der Waals surface area contributed by atoms with Crippen LogP contribution in [0.15, 0.2) is 94.1 Å². The van der Waals surface area contributed by atoms with Gasteiger partial charge in [-0.2, -0.15) is 0 Å². The molecule has 0 saturated carbocycles. The lowest BCUT2D eigenvalue weighted by molar-refractivity contribution is 0.188. The predicted molar refractivity (Wildman–Crippen MR) is 147 cm³/mol. The van der Waals surface area contributed by atoms with Crippen LogP contribution in [0.25, 0.3) is 41.9 Å². The summed E-state index contributed by atoms with van der Waals surface area (Å²) in [5, 5.41) is 5.95. The smallest absolute Gasteiger partial charge is 0.336 e. The quantitative estimate of drug-likeness (QED) is 0.193. The molecule has 0 bridgehead atoms. The number of nitrogens with zero attached hydrogens (tertiary/aromatic N) is 1. The maximum atomic E-state index is 12.8. The molecule has 0 amide bonds. The van der Waals surface area contributed by atoms with Crippen LogP contribution in [0.2, 0.25) is 0 Å². The summed E-state index contributed by atoms with van der Waals surface area (Å²) in [6.07, 6.45) is 3.63. The van der Waals surface area contributed by atoms with Gasteiger partial charge in [-0.3, -0.25) is 4.90 Å². The van der Waals surface area contributed by atoms with Crippen molar-refractivity contribution in [3.63, 3.8) is 0 Å². The van der Waals surface area contributed by atoms with Gasteiger partial charge in [-0.1, -0.05) is 67.1 Å². The standard InChI is InChI=1S/C31H25NO2S/c33-29-19-25(30-22-9-3-2-8-20(22)13-15-26(30)34-29)31(32-16-6-1-7-17-32)21-12-14-24-23-10-4-5-11-27(23)35-28(24)18-21/h2-5,8-15,18-19,31H,1,6-7,16-17H2. The van der Waals surface area contributed by atoms with Gasteiger partial charge < -0.3 is 4.42 Å². The van der Waals surface area contributed by atoms with E-state index in [2.05, 4.69) is 71.6 Å². The second-order valence-electron chi connectivity index (χ2n) is 9.53. The highest BCUT2D eigenvalue weighted by molar-refractivity contribution is 7.25. The number of hydrogen-bond acceptors (Lipinski definition) is 4. The summed E-state index contributed by atoms with van der Waals surface area (Å²) in [7, 11) is 0. The monoisotopic (exact) mass is 475 g/mol. The van der Waals surface area contributed by atoms with Crippen LogP contribution in [0.5, 0.6) is 0 Å². The molecule has 4 heteroatoms. The van der Waals surface area contributed by atoms with Crippen LogP contribution in [-0.2, 0) is 0 Å². The van der Waals surface area contributed by atoms with Gasteiger partial charge in [0.15, 0.2) is 0 Å². The van der Waals surface area contributed by atoms with E-state index in [1.807, 2.05) is 23.5 Å². The molecule has 0 aliphatic carbocycles. The van der Waals surface area contributed by atoms with Crippen LogP contribution in [0.1, 0.15) is 36.4 Å². The lowest BCUT2D eigenvalue weighted by Gasteiger charge is -2.35. The Morgan fingerprint density at radius 1 is 0.743 bits per heavy atom. The van der Waals surface area contributed by atoms with Gasteiger partial charge >= 0.3 is 5.63 Å². The average molecular weight is 476 g/mol. The Hall–Kier alpha value is -3.47. The molecule has 0 N–H and O–H groups in total. The number of fused-ring (bicyclic) bond motifs is 6. The number of benzene rings is 4. The van der Waals surface area contributed by atoms with Crippen molar-refractivity contribution in [2.75, 3.05) is 13.1 Å². The SMILES string of the molecule is O=c1cc(C(c2ccc3c(c2)sc2ccccc23)N2CCCCC2)c2c(ccc3ccccc32)o1. The summed E-state index contributed by atoms with van der Waals surface area (Å²) in [6.45, 7) is 2.06. The summed E-state index contributed by atoms with van der Waals surface area (Å²) in [5.74, 6) is 0. The fourth-order valence-corrected chi connectivity index (χ4v) is 7.02. The Balaban J connectivity index is 1.52. The summed E-state index contributed by atoms with van der Waals surface area (Å²) >= 11 is 1.85. The van der Waals surface area contributed by atoms with Crippen molar-refractivity contribution in [1.82, 2.24) is 4.90 Å². The molecule has 35 heavy (non-hydrogen) atoms. The first-order chi connectivity index (χ1) is 17.3. The van der Waals surface area contributed by atoms with Crippen molar-refractivity contribution >= 4 is 53.3 Å². The van der Waals surface area contributed by atoms with E-state index < -0.39 is 0 Å². The summed E-state index contributed by atoms with van der Waals surface area (Å²) < 4.78 is 8.33. The normalized spacial score (nSPS) is 15.9. The average Bonchev–Trinajstić information content (AvgIpc) is 3.27. The molecule has 1 fully saturated rings. The zero-order chi connectivity index (χ0) is 23.4. The Bertz CT molecular complexity index is 1770. The van der Waals surface area contributed by atoms with E-state index in [0.717, 1.165) is 34.8 Å². The van der Waals surface area contributed by atoms with Crippen LogP contribution in [0, 0.1) is 0 Å². The third-order valence-electron chi connectivity index (χ3n) is 7.43. The molecule has 172 valence electrons. The molecule has 2 aromatic heterocycles. The van der Waals surface area contributed by atoms with Crippen molar-refractivity contribution < 1.29 is 4.42 Å². The molecule has 1 saturated heterocycles. The molecule has 1 aliphatic rings. The van der Waals surface area contributed by atoms with Crippen molar-refractivity contribution in [3.05, 3.63) is 106 Å². The van der Waals surface area contributed by atoms with Gasteiger partial charge in [-0.25, -0.2) is 4.79 Å². The minimum Gasteiger partial charge on any atom is -0.423 e. The van der Waals surface area contributed by atoms with Gasteiger partial charge in [-0.15, -0.1) is 11.3 Å². The van der Waals surface area contributed by atoms with Gasteiger partial charge in [0, 0.05) is 31.6 Å². The molecule has 6 aromatic rings. The molecule has 7 rings (SSSR count). The molecule has 3 heterocycles. The maximum absolute atomic E-state index is 12.8. The third-order valence-corrected chi connectivity index (χ3v) is 8.57. The Labute approximate surface area is 207 Å². The van der Waals surface area contributed by atoms with E-state index in [1.165, 1.54) is 45.0 Å². The first kappa shape index (κ1) is 20.9. The fourth-order valence-electron chi connectivity index (χ4n) is 5.86. The number of thiophene rings is 1. The number of piperidine rings is 1. The lowest BCUT2D eigenvalue weighted by atomic mass is 9.90. The van der Waals surface area contributed by atoms with Crippen LogP contribution in [0.4, 0.5) is 0 Å². The highest BCUT2D eigenvalue weighted by Crippen LogP contribution is 2.41. The van der Waals surface area contributed by atoms with E-state index in [9.17, 15) is 4.79 Å². The summed E-state index contributed by atoms with van der Waals surface area (Å²) in [6, 6.07) is 29.6. The second-order valence-corrected chi connectivity index (χ2v) is 10.6. The van der Waals surface area contributed by atoms with Crippen molar-refractivity contribution in [2.24, 2.45) is 0 Å². The summed E-state index contributed by atoms with van der Waals surface area (Å²) in [4.78, 5) is 15.4. The van der Waals surface area contributed by atoms with Crippen molar-refractivity contribution in [3.8, 4) is 0 Å². The molecular formula is C31H25NO2S. The Kier molecular flexibility index (Phi) is 4.97. The van der Waals surface area contributed by atoms with Crippen LogP contribution in [-0.4, -0.2) is 18.0 Å². The van der Waals surface area contributed by atoms with Gasteiger partial charge in [0.1, 0.15) is 5.58 Å². The molecule has 1 unspecified atom stereocenters. The van der Waals surface area contributed by atoms with E-state index in [0.29, 0.717) is 5.58 Å². The first-order valence-electron chi connectivity index (χ1n) is 12.4. The molecule has 0 spiro atoms. The molecule has 1 aliphatic heterocycles. The third kappa shape index (κ3) is 3.48. The van der Waals surface area contributed by atoms with Gasteiger partial charge in [0.05, 0.1) is 6.04 Å². The molecule has 4 aromatic carbocycles. The minimum absolute atomic E-state index is 0.00215. The summed E-state index contributed by atoms with van der Waals surface area (Å²) in [5.41, 5.74) is 2.67. The van der Waals surface area contributed by atoms with E-state index in [4.69, 9.17) is 4.42 Å². The van der Waals surface area contributed by atoms with Crippen LogP contribution in [0.3, 0.4) is 0 Å². The molecule has 3 nitrogen and oxygen atoms in total. The van der Waals surface area contributed by atoms with Crippen LogP contribution < -0.4 is 5.63 Å². The highest BCUT2D eigenvalue weighted by atomic mass is 32.1. The number of rotatable bonds is 3. The lowest BCUT2D eigenvalue weighted by Crippen LogP contribution is -2.34. The molecule has 1 atom stereocenters. The van der Waals surface area contributed by atoms with Gasteiger partial charge in [0.25, 0.3) is 0 Å². The minimum atomic E-state index is -0.285.